The molecule has 0 aliphatic carbocycles. The van der Waals surface area contributed by atoms with Crippen LogP contribution < -0.4 is 17.6 Å². The molecule has 9 heavy (non-hydrogen) atoms. The molecule has 0 unspecified atom stereocenters. The van der Waals surface area contributed by atoms with Gasteiger partial charge >= 0.3 is 0 Å². The Morgan fingerprint density at radius 3 is 1.22 bits per heavy atom. The minimum Gasteiger partial charge on any atom is -0.344 e. The normalized spacial score (nSPS) is 5.11. The fraction of sp³-hybridized carbons (Fsp3) is 0.667. The average Bonchev–Trinajstić information content (AvgIpc) is 1.75. The van der Waals surface area contributed by atoms with Crippen LogP contribution in [0.25, 0.3) is 0 Å². The molecule has 0 atom stereocenters. The van der Waals surface area contributed by atoms with E-state index in [2.05, 4.69) is 32.3 Å². The molecule has 0 fully saturated rings. The Kier molecular flexibility index (Phi) is 127. The molecule has 0 radical (unpaired) electrons. The van der Waals surface area contributed by atoms with Crippen LogP contribution in [0.5, 0.6) is 0 Å². The Morgan fingerprint density at radius 2 is 1.22 bits per heavy atom. The van der Waals surface area contributed by atoms with Crippen LogP contribution in [0.4, 0.5) is 0 Å². The van der Waals surface area contributed by atoms with Crippen molar-refractivity contribution in [3.05, 3.63) is 13.2 Å². The molecule has 0 aromatic rings. The number of rotatable bonds is 2. The molecule has 0 bridgehead atoms. The lowest BCUT2D eigenvalue weighted by atomic mass is 10.7. The van der Waals surface area contributed by atoms with Crippen LogP contribution in [0.3, 0.4) is 0 Å². The maximum absolute atomic E-state index is 3.11. The highest BCUT2D eigenvalue weighted by Gasteiger charge is 1.62. The lowest BCUT2D eigenvalue weighted by Gasteiger charge is -1.86. The first-order valence-electron chi connectivity index (χ1n) is 2.62. The first-order valence-corrected chi connectivity index (χ1v) is 2.62. The van der Waals surface area contributed by atoms with Gasteiger partial charge < -0.3 is 17.6 Å². The Morgan fingerprint density at radius 1 is 1.00 bits per heavy atom. The van der Waals surface area contributed by atoms with Gasteiger partial charge in [0.05, 0.1) is 0 Å². The molecule has 60 valence electrons. The quantitative estimate of drug-likeness (QED) is 0.504. The van der Waals surface area contributed by atoms with Gasteiger partial charge in [0.2, 0.25) is 0 Å². The van der Waals surface area contributed by atoms with Gasteiger partial charge in [0.25, 0.3) is 0 Å². The summed E-state index contributed by atoms with van der Waals surface area (Å²) < 4.78 is 0. The van der Waals surface area contributed by atoms with E-state index in [9.17, 15) is 0 Å². The zero-order valence-electron chi connectivity index (χ0n) is 6.74. The molecule has 7 N–H and O–H groups in total. The van der Waals surface area contributed by atoms with Gasteiger partial charge in [-0.25, -0.2) is 0 Å². The van der Waals surface area contributed by atoms with E-state index in [1.54, 1.807) is 0 Å². The van der Waals surface area contributed by atoms with Crippen molar-refractivity contribution in [1.29, 1.82) is 0 Å². The van der Waals surface area contributed by atoms with E-state index in [1.807, 2.05) is 0 Å². The van der Waals surface area contributed by atoms with Crippen molar-refractivity contribution in [2.24, 2.45) is 0 Å². The van der Waals surface area contributed by atoms with Crippen LogP contribution in [-0.4, -0.2) is 13.1 Å². The van der Waals surface area contributed by atoms with Crippen LogP contribution in [0.1, 0.15) is 13.8 Å². The van der Waals surface area contributed by atoms with E-state index in [1.165, 1.54) is 0 Å². The second-order valence-corrected chi connectivity index (χ2v) is 0.957. The predicted molar refractivity (Wildman–Crippen MR) is 45.5 cm³/mol. The van der Waals surface area contributed by atoms with E-state index in [4.69, 9.17) is 0 Å². The average molecular weight is 135 g/mol. The van der Waals surface area contributed by atoms with E-state index in [0.29, 0.717) is 0 Å². The van der Waals surface area contributed by atoms with Crippen molar-refractivity contribution in [1.82, 2.24) is 17.6 Å². The van der Waals surface area contributed by atoms with Crippen molar-refractivity contribution in [3.63, 3.8) is 0 Å². The maximum Gasteiger partial charge on any atom is -0.00775 e. The van der Waals surface area contributed by atoms with Crippen molar-refractivity contribution in [2.45, 2.75) is 13.8 Å². The summed E-state index contributed by atoms with van der Waals surface area (Å²) in [6, 6.07) is 0. The Labute approximate surface area is 58.7 Å². The topological polar surface area (TPSA) is 82.0 Å². The van der Waals surface area contributed by atoms with Gasteiger partial charge in [0.15, 0.2) is 0 Å². The lowest BCUT2D eigenvalue weighted by molar-refractivity contribution is 0.762. The Balaban J connectivity index is -0.0000000286. The molecule has 0 saturated heterocycles. The largest absolute Gasteiger partial charge is 0.344 e. The molecule has 0 heterocycles. The van der Waals surface area contributed by atoms with Crippen molar-refractivity contribution >= 4 is 0 Å². The van der Waals surface area contributed by atoms with Gasteiger partial charge in [-0.1, -0.05) is 13.8 Å². The number of hydrogen-bond acceptors (Lipinski definition) is 3. The molecule has 0 amide bonds. The summed E-state index contributed by atoms with van der Waals surface area (Å²) >= 11 is 0. The summed E-state index contributed by atoms with van der Waals surface area (Å²) in [7, 11) is 0. The zero-order valence-corrected chi connectivity index (χ0v) is 6.74. The Hall–Kier alpha value is -0.380. The van der Waals surface area contributed by atoms with Crippen LogP contribution in [0, 0.1) is 0 Å². The summed E-state index contributed by atoms with van der Waals surface area (Å²) in [6.07, 6.45) is 0. The minimum atomic E-state index is 0. The summed E-state index contributed by atoms with van der Waals surface area (Å²) in [5, 5.41) is 3.11. The summed E-state index contributed by atoms with van der Waals surface area (Å²) in [6.45, 7) is 12.4. The monoisotopic (exact) mass is 135 g/mol. The second-order valence-electron chi connectivity index (χ2n) is 0.957. The van der Waals surface area contributed by atoms with Crippen molar-refractivity contribution < 1.29 is 0 Å². The second kappa shape index (κ2) is 48.6. The third-order valence-electron chi connectivity index (χ3n) is 0.500. The molecule has 3 nitrogen and oxygen atoms in total. The molecule has 3 heteroatoms. The van der Waals surface area contributed by atoms with Crippen LogP contribution in [0.2, 0.25) is 0 Å². The van der Waals surface area contributed by atoms with Gasteiger partial charge in [0, 0.05) is 0 Å². The molecule has 0 aromatic carbocycles. The van der Waals surface area contributed by atoms with Crippen LogP contribution in [-0.2, 0) is 0 Å². The highest BCUT2D eigenvalue weighted by molar-refractivity contribution is 4.27. The van der Waals surface area contributed by atoms with E-state index >= 15 is 0 Å². The number of hydrogen-bond donors (Lipinski definition) is 3. The first-order chi connectivity index (χ1) is 3.41. The highest BCUT2D eigenvalue weighted by atomic mass is 14.8. The van der Waals surface area contributed by atoms with E-state index in [0.717, 1.165) is 13.1 Å². The van der Waals surface area contributed by atoms with E-state index < -0.39 is 0 Å². The number of nitrogens with one attached hydrogen (secondary N) is 1. The van der Waals surface area contributed by atoms with Gasteiger partial charge in [-0.15, -0.1) is 13.2 Å². The van der Waals surface area contributed by atoms with Crippen molar-refractivity contribution in [2.75, 3.05) is 13.1 Å². The van der Waals surface area contributed by atoms with Gasteiger partial charge in [0.1, 0.15) is 0 Å². The summed E-state index contributed by atoms with van der Waals surface area (Å²) in [4.78, 5) is 0. The molecule has 0 spiro atoms. The summed E-state index contributed by atoms with van der Waals surface area (Å²) in [5.41, 5.74) is 0. The molecular weight excluding hydrogens is 114 g/mol. The molecule has 0 aromatic heterocycles. The standard InChI is InChI=1S/C4H11N.C2H4.2H3N/c1-3-5-4-2;1-2;;/h5H,3-4H2,1-2H3;1-2H2;2*1H3. The van der Waals surface area contributed by atoms with Gasteiger partial charge in [-0.3, -0.25) is 0 Å². The first kappa shape index (κ1) is 23.4. The van der Waals surface area contributed by atoms with Crippen LogP contribution >= 0.6 is 0 Å². The molecule has 0 aliphatic rings. The molecular formula is C6H21N3. The predicted octanol–water partition coefficient (Wildman–Crippen LogP) is 1.74. The molecule has 0 rings (SSSR count). The lowest BCUT2D eigenvalue weighted by Crippen LogP contribution is -2.09. The fourth-order valence-electron chi connectivity index (χ4n) is 0.250. The van der Waals surface area contributed by atoms with Gasteiger partial charge in [-0.2, -0.15) is 0 Å². The third-order valence-corrected chi connectivity index (χ3v) is 0.500. The Bertz CT molecular complexity index is 22.3. The van der Waals surface area contributed by atoms with Crippen molar-refractivity contribution in [3.8, 4) is 0 Å². The van der Waals surface area contributed by atoms with E-state index in [-0.39, 0.29) is 12.3 Å². The van der Waals surface area contributed by atoms with Crippen LogP contribution in [0.15, 0.2) is 13.2 Å². The minimum absolute atomic E-state index is 0. The highest BCUT2D eigenvalue weighted by Crippen LogP contribution is 1.47. The SMILES string of the molecule is C=C.CCNCC.N.N. The smallest absolute Gasteiger partial charge is 0.00775 e. The molecule has 0 aliphatic heterocycles. The third kappa shape index (κ3) is 91.7. The zero-order chi connectivity index (χ0) is 6.12. The maximum atomic E-state index is 3.11. The fourth-order valence-corrected chi connectivity index (χ4v) is 0.250. The summed E-state index contributed by atoms with van der Waals surface area (Å²) in [5.74, 6) is 0. The van der Waals surface area contributed by atoms with Gasteiger partial charge in [-0.05, 0) is 13.1 Å². The molecule has 0 saturated carbocycles.